The quantitative estimate of drug-likeness (QED) is 0.400. The van der Waals surface area contributed by atoms with E-state index >= 15 is 0 Å². The van der Waals surface area contributed by atoms with Gasteiger partial charge in [-0.25, -0.2) is 4.98 Å². The predicted molar refractivity (Wildman–Crippen MR) is 123 cm³/mol. The third-order valence-electron chi connectivity index (χ3n) is 5.72. The number of benzene rings is 1. The topological polar surface area (TPSA) is 78.9 Å². The van der Waals surface area contributed by atoms with E-state index in [9.17, 15) is 10.1 Å². The SMILES string of the molecule is CC(C)(C)C1CCc2nc(NC(=O)/C(C#N)=C/c3ccc(-c4ccccc4)o3)sc2C1. The lowest BCUT2D eigenvalue weighted by molar-refractivity contribution is -0.112. The molecule has 158 valence electrons. The van der Waals surface area contributed by atoms with Crippen molar-refractivity contribution in [3.63, 3.8) is 0 Å². The molecule has 0 bridgehead atoms. The number of amides is 1. The van der Waals surface area contributed by atoms with E-state index < -0.39 is 5.91 Å². The van der Waals surface area contributed by atoms with Gasteiger partial charge in [-0.3, -0.25) is 10.1 Å². The highest BCUT2D eigenvalue weighted by molar-refractivity contribution is 7.15. The third-order valence-corrected chi connectivity index (χ3v) is 6.76. The van der Waals surface area contributed by atoms with E-state index in [0.29, 0.717) is 22.6 Å². The van der Waals surface area contributed by atoms with Crippen molar-refractivity contribution in [2.24, 2.45) is 11.3 Å². The number of thiazole rings is 1. The van der Waals surface area contributed by atoms with E-state index in [1.54, 1.807) is 6.07 Å². The fourth-order valence-electron chi connectivity index (χ4n) is 3.81. The number of fused-ring (bicyclic) bond motifs is 1. The molecule has 0 fully saturated rings. The molecule has 1 aromatic carbocycles. The largest absolute Gasteiger partial charge is 0.457 e. The Kier molecular flexibility index (Phi) is 5.79. The van der Waals surface area contributed by atoms with Crippen molar-refractivity contribution in [3.05, 3.63) is 64.4 Å². The zero-order chi connectivity index (χ0) is 22.0. The van der Waals surface area contributed by atoms with Crippen LogP contribution in [0, 0.1) is 22.7 Å². The molecule has 0 aliphatic heterocycles. The van der Waals surface area contributed by atoms with Crippen molar-refractivity contribution in [1.29, 1.82) is 5.26 Å². The number of nitrogens with zero attached hydrogens (tertiary/aromatic N) is 2. The lowest BCUT2D eigenvalue weighted by Crippen LogP contribution is -2.26. The lowest BCUT2D eigenvalue weighted by atomic mass is 9.73. The summed E-state index contributed by atoms with van der Waals surface area (Å²) in [6.45, 7) is 6.82. The van der Waals surface area contributed by atoms with Crippen LogP contribution in [0.2, 0.25) is 0 Å². The minimum absolute atomic E-state index is 0.0188. The smallest absolute Gasteiger partial charge is 0.268 e. The number of aryl methyl sites for hydroxylation is 1. The van der Waals surface area contributed by atoms with Gasteiger partial charge in [-0.15, -0.1) is 11.3 Å². The zero-order valence-electron chi connectivity index (χ0n) is 17.9. The van der Waals surface area contributed by atoms with Gasteiger partial charge >= 0.3 is 0 Å². The number of rotatable bonds is 4. The van der Waals surface area contributed by atoms with Crippen LogP contribution in [-0.2, 0) is 17.6 Å². The van der Waals surface area contributed by atoms with Gasteiger partial charge in [0.2, 0.25) is 0 Å². The highest BCUT2D eigenvalue weighted by Gasteiger charge is 2.31. The molecule has 1 amide bonds. The maximum Gasteiger partial charge on any atom is 0.268 e. The number of carbonyl (C=O) groups excluding carboxylic acids is 1. The third kappa shape index (κ3) is 4.78. The second-order valence-corrected chi connectivity index (χ2v) is 9.97. The van der Waals surface area contributed by atoms with E-state index in [4.69, 9.17) is 4.42 Å². The molecule has 1 aliphatic rings. The number of aromatic nitrogens is 1. The van der Waals surface area contributed by atoms with E-state index in [2.05, 4.69) is 31.1 Å². The molecule has 1 aliphatic carbocycles. The molecular weight excluding hydrogens is 406 g/mol. The number of hydrogen-bond acceptors (Lipinski definition) is 5. The van der Waals surface area contributed by atoms with E-state index in [-0.39, 0.29) is 11.0 Å². The summed E-state index contributed by atoms with van der Waals surface area (Å²) in [4.78, 5) is 18.5. The summed E-state index contributed by atoms with van der Waals surface area (Å²) in [6, 6.07) is 15.2. The van der Waals surface area contributed by atoms with E-state index in [1.165, 1.54) is 22.3 Å². The van der Waals surface area contributed by atoms with Gasteiger partial charge in [0, 0.05) is 16.5 Å². The molecule has 2 heterocycles. The molecule has 0 saturated heterocycles. The standard InChI is InChI=1S/C25H25N3O2S/c1-25(2,3)18-9-11-20-22(14-18)31-24(27-20)28-23(29)17(15-26)13-19-10-12-21(30-19)16-7-5-4-6-8-16/h4-8,10,12-13,18H,9,11,14H2,1-3H3,(H,27,28,29)/b17-13+. The van der Waals surface area contributed by atoms with Gasteiger partial charge in [-0.2, -0.15) is 5.26 Å². The number of hydrogen-bond donors (Lipinski definition) is 1. The fourth-order valence-corrected chi connectivity index (χ4v) is 4.89. The highest BCUT2D eigenvalue weighted by Crippen LogP contribution is 2.40. The van der Waals surface area contributed by atoms with Gasteiger partial charge in [0.05, 0.1) is 5.69 Å². The van der Waals surface area contributed by atoms with Crippen LogP contribution in [0.3, 0.4) is 0 Å². The van der Waals surface area contributed by atoms with Crippen molar-refractivity contribution >= 4 is 28.5 Å². The highest BCUT2D eigenvalue weighted by atomic mass is 32.1. The fraction of sp³-hybridized carbons (Fsp3) is 0.320. The summed E-state index contributed by atoms with van der Waals surface area (Å²) < 4.78 is 5.79. The first-order chi connectivity index (χ1) is 14.8. The maximum absolute atomic E-state index is 12.7. The molecule has 4 rings (SSSR count). The molecule has 5 nitrogen and oxygen atoms in total. The van der Waals surface area contributed by atoms with Crippen molar-refractivity contribution in [1.82, 2.24) is 4.98 Å². The molecule has 1 atom stereocenters. The molecule has 1 N–H and O–H groups in total. The summed E-state index contributed by atoms with van der Waals surface area (Å²) in [5.41, 5.74) is 2.24. The summed E-state index contributed by atoms with van der Waals surface area (Å²) in [6.07, 6.45) is 4.49. The predicted octanol–water partition coefficient (Wildman–Crippen LogP) is 6.10. The van der Waals surface area contributed by atoms with Crippen LogP contribution < -0.4 is 5.32 Å². The number of carbonyl (C=O) groups is 1. The zero-order valence-corrected chi connectivity index (χ0v) is 18.8. The van der Waals surface area contributed by atoms with Gasteiger partial charge in [0.15, 0.2) is 5.13 Å². The first-order valence-electron chi connectivity index (χ1n) is 10.4. The first-order valence-corrected chi connectivity index (χ1v) is 11.2. The van der Waals surface area contributed by atoms with Crippen LogP contribution in [0.25, 0.3) is 17.4 Å². The minimum atomic E-state index is -0.473. The van der Waals surface area contributed by atoms with Crippen molar-refractivity contribution < 1.29 is 9.21 Å². The Bertz CT molecular complexity index is 1160. The van der Waals surface area contributed by atoms with Crippen LogP contribution in [0.15, 0.2) is 52.5 Å². The number of anilines is 1. The Balaban J connectivity index is 1.48. The molecule has 6 heteroatoms. The molecular formula is C25H25N3O2S. The van der Waals surface area contributed by atoms with Crippen molar-refractivity contribution in [3.8, 4) is 17.4 Å². The van der Waals surface area contributed by atoms with Crippen LogP contribution in [0.4, 0.5) is 5.13 Å². The molecule has 0 saturated carbocycles. The van der Waals surface area contributed by atoms with Crippen molar-refractivity contribution in [2.45, 2.75) is 40.0 Å². The van der Waals surface area contributed by atoms with Crippen LogP contribution >= 0.6 is 11.3 Å². The molecule has 0 radical (unpaired) electrons. The Morgan fingerprint density at radius 1 is 1.26 bits per heavy atom. The average molecular weight is 432 g/mol. The van der Waals surface area contributed by atoms with Crippen LogP contribution in [-0.4, -0.2) is 10.9 Å². The van der Waals surface area contributed by atoms with Gasteiger partial charge in [-0.05, 0) is 42.7 Å². The van der Waals surface area contributed by atoms with Gasteiger partial charge < -0.3 is 4.42 Å². The van der Waals surface area contributed by atoms with Crippen LogP contribution in [0.1, 0.15) is 43.5 Å². The second-order valence-electron chi connectivity index (χ2n) is 8.89. The minimum Gasteiger partial charge on any atom is -0.457 e. The normalized spacial score (nSPS) is 16.5. The maximum atomic E-state index is 12.7. The van der Waals surface area contributed by atoms with E-state index in [1.807, 2.05) is 42.5 Å². The number of furan rings is 1. The van der Waals surface area contributed by atoms with Gasteiger partial charge in [-0.1, -0.05) is 51.1 Å². The number of nitrogens with one attached hydrogen (secondary N) is 1. The van der Waals surface area contributed by atoms with Gasteiger partial charge in [0.1, 0.15) is 23.2 Å². The summed E-state index contributed by atoms with van der Waals surface area (Å²) >= 11 is 1.52. The second kappa shape index (κ2) is 8.52. The summed E-state index contributed by atoms with van der Waals surface area (Å²) in [7, 11) is 0. The van der Waals surface area contributed by atoms with Crippen molar-refractivity contribution in [2.75, 3.05) is 5.32 Å². The number of nitriles is 1. The van der Waals surface area contributed by atoms with Crippen LogP contribution in [0.5, 0.6) is 0 Å². The monoisotopic (exact) mass is 431 g/mol. The Hall–Kier alpha value is -3.17. The lowest BCUT2D eigenvalue weighted by Gasteiger charge is -2.33. The Morgan fingerprint density at radius 3 is 2.74 bits per heavy atom. The Labute approximate surface area is 186 Å². The Morgan fingerprint density at radius 2 is 2.03 bits per heavy atom. The molecule has 31 heavy (non-hydrogen) atoms. The van der Waals surface area contributed by atoms with Gasteiger partial charge in [0.25, 0.3) is 5.91 Å². The first kappa shape index (κ1) is 21.1. The molecule has 1 unspecified atom stereocenters. The van der Waals surface area contributed by atoms with E-state index in [0.717, 1.165) is 30.5 Å². The molecule has 0 spiro atoms. The molecule has 3 aromatic rings. The summed E-state index contributed by atoms with van der Waals surface area (Å²) in [5, 5.41) is 12.9. The molecule has 2 aromatic heterocycles. The average Bonchev–Trinajstić information content (AvgIpc) is 3.37. The summed E-state index contributed by atoms with van der Waals surface area (Å²) in [5.74, 6) is 1.28.